The molecule has 0 aliphatic carbocycles. The van der Waals surface area contributed by atoms with Gasteiger partial charge >= 0.3 is 0 Å². The fraction of sp³-hybridized carbons (Fsp3) is 0.357. The van der Waals surface area contributed by atoms with Crippen molar-refractivity contribution in [2.75, 3.05) is 7.11 Å². The maximum absolute atomic E-state index is 10.2. The maximum Gasteiger partial charge on any atom is 0.121 e. The Kier molecular flexibility index (Phi) is 3.67. The first-order valence-corrected chi connectivity index (χ1v) is 5.91. The molecule has 0 fully saturated rings. The highest BCUT2D eigenvalue weighted by Gasteiger charge is 2.11. The Hall–Kier alpha value is -1.81. The van der Waals surface area contributed by atoms with E-state index in [1.165, 1.54) is 0 Å². The minimum absolute atomic E-state index is 0.520. The van der Waals surface area contributed by atoms with E-state index in [9.17, 15) is 5.11 Å². The van der Waals surface area contributed by atoms with Gasteiger partial charge in [0.05, 0.1) is 18.9 Å². The van der Waals surface area contributed by atoms with Gasteiger partial charge in [0.25, 0.3) is 0 Å². The number of rotatable bonds is 4. The average molecular weight is 246 g/mol. The van der Waals surface area contributed by atoms with E-state index in [1.54, 1.807) is 11.8 Å². The largest absolute Gasteiger partial charge is 0.496 e. The number of ether oxygens (including phenoxy) is 1. The number of benzene rings is 1. The zero-order chi connectivity index (χ0) is 13.1. The number of aromatic nitrogens is 2. The molecule has 1 aromatic heterocycles. The number of aliphatic hydroxyl groups excluding tert-OH is 1. The molecule has 0 bridgehead atoms. The summed E-state index contributed by atoms with van der Waals surface area (Å²) in [5.74, 6) is 0.837. The van der Waals surface area contributed by atoms with Gasteiger partial charge in [0.15, 0.2) is 0 Å². The topological polar surface area (TPSA) is 47.3 Å². The van der Waals surface area contributed by atoms with Crippen LogP contribution < -0.4 is 4.74 Å². The van der Waals surface area contributed by atoms with Gasteiger partial charge in [-0.3, -0.25) is 4.68 Å². The summed E-state index contributed by atoms with van der Waals surface area (Å²) in [6, 6.07) is 7.64. The van der Waals surface area contributed by atoms with Crippen molar-refractivity contribution in [1.29, 1.82) is 0 Å². The van der Waals surface area contributed by atoms with Crippen molar-refractivity contribution < 1.29 is 9.84 Å². The fourth-order valence-electron chi connectivity index (χ4n) is 2.00. The Morgan fingerprint density at radius 3 is 2.72 bits per heavy atom. The number of nitrogens with zero attached hydrogens (tertiary/aromatic N) is 2. The Balaban J connectivity index is 2.13. The van der Waals surface area contributed by atoms with E-state index in [0.29, 0.717) is 6.42 Å². The van der Waals surface area contributed by atoms with Crippen molar-refractivity contribution in [1.82, 2.24) is 9.78 Å². The zero-order valence-corrected chi connectivity index (χ0v) is 10.9. The highest BCUT2D eigenvalue weighted by molar-refractivity contribution is 5.37. The Morgan fingerprint density at radius 1 is 1.39 bits per heavy atom. The smallest absolute Gasteiger partial charge is 0.121 e. The van der Waals surface area contributed by atoms with E-state index < -0.39 is 6.10 Å². The molecule has 0 saturated heterocycles. The first kappa shape index (κ1) is 12.6. The minimum atomic E-state index is -0.537. The Bertz CT molecular complexity index is 534. The molecule has 4 nitrogen and oxygen atoms in total. The van der Waals surface area contributed by atoms with Gasteiger partial charge in [0.2, 0.25) is 0 Å². The van der Waals surface area contributed by atoms with Gasteiger partial charge < -0.3 is 9.84 Å². The molecule has 18 heavy (non-hydrogen) atoms. The number of aryl methyl sites for hydroxylation is 2. The van der Waals surface area contributed by atoms with Gasteiger partial charge in [0.1, 0.15) is 5.75 Å². The lowest BCUT2D eigenvalue weighted by Gasteiger charge is -2.12. The van der Waals surface area contributed by atoms with Crippen molar-refractivity contribution in [2.45, 2.75) is 19.4 Å². The number of aliphatic hydroxyl groups is 1. The summed E-state index contributed by atoms with van der Waals surface area (Å²) in [5.41, 5.74) is 2.80. The van der Waals surface area contributed by atoms with E-state index in [0.717, 1.165) is 22.6 Å². The first-order chi connectivity index (χ1) is 8.60. The normalized spacial score (nSPS) is 12.4. The molecule has 0 amide bonds. The van der Waals surface area contributed by atoms with Gasteiger partial charge in [-0.25, -0.2) is 0 Å². The number of methoxy groups -OCH3 is 1. The zero-order valence-electron chi connectivity index (χ0n) is 10.9. The lowest BCUT2D eigenvalue weighted by molar-refractivity contribution is 0.177. The van der Waals surface area contributed by atoms with Crippen molar-refractivity contribution in [2.24, 2.45) is 7.05 Å². The summed E-state index contributed by atoms with van der Waals surface area (Å²) in [6.07, 6.45) is 1.86. The van der Waals surface area contributed by atoms with Crippen molar-refractivity contribution >= 4 is 0 Å². The lowest BCUT2D eigenvalue weighted by atomic mass is 10.0. The summed E-state index contributed by atoms with van der Waals surface area (Å²) >= 11 is 0. The third-order valence-corrected chi connectivity index (χ3v) is 2.98. The molecular weight excluding hydrogens is 228 g/mol. The van der Waals surface area contributed by atoms with Gasteiger partial charge in [-0.1, -0.05) is 6.07 Å². The molecule has 1 unspecified atom stereocenters. The van der Waals surface area contributed by atoms with Crippen molar-refractivity contribution in [3.05, 3.63) is 47.3 Å². The molecule has 2 aromatic rings. The van der Waals surface area contributed by atoms with Crippen molar-refractivity contribution in [3.63, 3.8) is 0 Å². The van der Waals surface area contributed by atoms with Crippen molar-refractivity contribution in [3.8, 4) is 5.75 Å². The van der Waals surface area contributed by atoms with Crippen LogP contribution in [0.5, 0.6) is 5.75 Å². The summed E-state index contributed by atoms with van der Waals surface area (Å²) in [7, 11) is 3.51. The summed E-state index contributed by atoms with van der Waals surface area (Å²) in [5, 5.41) is 14.4. The SMILES string of the molecule is COc1ccc(C(O)Cc2ccn(C)n2)cc1C. The van der Waals surface area contributed by atoms with Crippen LogP contribution in [0.15, 0.2) is 30.5 Å². The second-order valence-corrected chi connectivity index (χ2v) is 4.43. The first-order valence-electron chi connectivity index (χ1n) is 5.91. The van der Waals surface area contributed by atoms with Gasteiger partial charge in [-0.05, 0) is 36.2 Å². The van der Waals surface area contributed by atoms with E-state index in [4.69, 9.17) is 4.74 Å². The molecule has 0 aliphatic rings. The third-order valence-electron chi connectivity index (χ3n) is 2.98. The Morgan fingerprint density at radius 2 is 2.17 bits per heavy atom. The van der Waals surface area contributed by atoms with Gasteiger partial charge in [-0.15, -0.1) is 0 Å². The van der Waals surface area contributed by atoms with Crippen LogP contribution in [0.2, 0.25) is 0 Å². The van der Waals surface area contributed by atoms with Crippen LogP contribution in [0.4, 0.5) is 0 Å². The highest BCUT2D eigenvalue weighted by atomic mass is 16.5. The van der Waals surface area contributed by atoms with Gasteiger partial charge in [0, 0.05) is 19.7 Å². The molecule has 1 heterocycles. The predicted octanol–water partition coefficient (Wildman–Crippen LogP) is 2.01. The van der Waals surface area contributed by atoms with Crippen LogP contribution in [-0.4, -0.2) is 22.0 Å². The quantitative estimate of drug-likeness (QED) is 0.897. The van der Waals surface area contributed by atoms with Crippen LogP contribution in [0.1, 0.15) is 22.9 Å². The molecule has 0 radical (unpaired) electrons. The van der Waals surface area contributed by atoms with E-state index in [1.807, 2.05) is 44.4 Å². The lowest BCUT2D eigenvalue weighted by Crippen LogP contribution is -2.03. The van der Waals surface area contributed by atoms with E-state index in [2.05, 4.69) is 5.10 Å². The second kappa shape index (κ2) is 5.23. The highest BCUT2D eigenvalue weighted by Crippen LogP contribution is 2.24. The molecule has 4 heteroatoms. The Labute approximate surface area is 107 Å². The molecule has 96 valence electrons. The third kappa shape index (κ3) is 2.71. The standard InChI is InChI=1S/C14H18N2O2/c1-10-8-11(4-5-14(10)18-3)13(17)9-12-6-7-16(2)15-12/h4-8,13,17H,9H2,1-3H3. The molecule has 0 saturated carbocycles. The fourth-order valence-corrected chi connectivity index (χ4v) is 2.00. The van der Waals surface area contributed by atoms with Crippen LogP contribution in [-0.2, 0) is 13.5 Å². The molecule has 1 N–H and O–H groups in total. The number of hydrogen-bond donors (Lipinski definition) is 1. The molecule has 0 aliphatic heterocycles. The second-order valence-electron chi connectivity index (χ2n) is 4.43. The predicted molar refractivity (Wildman–Crippen MR) is 69.6 cm³/mol. The molecule has 2 rings (SSSR count). The van der Waals surface area contributed by atoms with Crippen LogP contribution >= 0.6 is 0 Å². The number of hydrogen-bond acceptors (Lipinski definition) is 3. The molecule has 1 atom stereocenters. The monoisotopic (exact) mass is 246 g/mol. The van der Waals surface area contributed by atoms with E-state index in [-0.39, 0.29) is 0 Å². The molecule has 0 spiro atoms. The minimum Gasteiger partial charge on any atom is -0.496 e. The molecule has 1 aromatic carbocycles. The van der Waals surface area contributed by atoms with Gasteiger partial charge in [-0.2, -0.15) is 5.10 Å². The summed E-state index contributed by atoms with van der Waals surface area (Å²) in [6.45, 7) is 1.97. The maximum atomic E-state index is 10.2. The molecular formula is C14H18N2O2. The average Bonchev–Trinajstić information content (AvgIpc) is 2.74. The van der Waals surface area contributed by atoms with Crippen LogP contribution in [0, 0.1) is 6.92 Å². The van der Waals surface area contributed by atoms with Crippen LogP contribution in [0.25, 0.3) is 0 Å². The summed E-state index contributed by atoms with van der Waals surface area (Å²) < 4.78 is 6.94. The van der Waals surface area contributed by atoms with E-state index >= 15 is 0 Å². The summed E-state index contributed by atoms with van der Waals surface area (Å²) in [4.78, 5) is 0. The van der Waals surface area contributed by atoms with Crippen LogP contribution in [0.3, 0.4) is 0 Å².